The van der Waals surface area contributed by atoms with E-state index in [1.807, 2.05) is 0 Å². The zero-order chi connectivity index (χ0) is 59.5. The smallest absolute Gasteiger partial charge is 0.339 e. The maximum Gasteiger partial charge on any atom is 0.339 e. The third-order valence-electron chi connectivity index (χ3n) is 11.4. The van der Waals surface area contributed by atoms with Crippen molar-refractivity contribution in [2.24, 2.45) is 25.6 Å². The van der Waals surface area contributed by atoms with Gasteiger partial charge in [-0.15, -0.1) is 18.1 Å². The van der Waals surface area contributed by atoms with E-state index in [4.69, 9.17) is 24.8 Å². The van der Waals surface area contributed by atoms with E-state index in [2.05, 4.69) is 85.7 Å². The number of nitrogens with one attached hydrogen (secondary N) is 4. The maximum atomic E-state index is 14.9. The molecule has 1 aliphatic carbocycles. The number of hydrogen-bond acceptors (Lipinski definition) is 31. The zero-order valence-electron chi connectivity index (χ0n) is 42.5. The second-order valence-corrected chi connectivity index (χ2v) is 20.5. The van der Waals surface area contributed by atoms with Gasteiger partial charge in [0.25, 0.3) is 10.1 Å². The van der Waals surface area contributed by atoms with Crippen LogP contribution in [0.3, 0.4) is 0 Å². The van der Waals surface area contributed by atoms with Gasteiger partial charge in [0, 0.05) is 33.3 Å². The lowest BCUT2D eigenvalue weighted by Gasteiger charge is -2.21. The van der Waals surface area contributed by atoms with E-state index >= 15 is 0 Å². The van der Waals surface area contributed by atoms with Gasteiger partial charge in [0.05, 0.1) is 98.1 Å². The summed E-state index contributed by atoms with van der Waals surface area (Å²) in [5, 5.41) is 99.2. The summed E-state index contributed by atoms with van der Waals surface area (Å²) in [6, 6.07) is 29.9. The molecule has 0 spiro atoms. The number of hydrazone groups is 1. The number of Topliss-reactive ketones (excluding diaryl/α,β-unsaturated/α-hetero) is 1. The van der Waals surface area contributed by atoms with Crippen molar-refractivity contribution in [1.82, 2.24) is 15.0 Å². The monoisotopic (exact) mass is 1220 g/mol. The van der Waals surface area contributed by atoms with Gasteiger partial charge in [0.1, 0.15) is 28.5 Å². The van der Waals surface area contributed by atoms with Crippen LogP contribution in [0.2, 0.25) is 0 Å². The van der Waals surface area contributed by atoms with Crippen LogP contribution in [0.4, 0.5) is 63.3 Å². The van der Waals surface area contributed by atoms with Gasteiger partial charge in [0.15, 0.2) is 0 Å². The average Bonchev–Trinajstić information content (AvgIpc) is 1.51. The number of allylic oxidation sites excluding steroid dienone is 1. The second-order valence-electron chi connectivity index (χ2n) is 16.8. The first-order chi connectivity index (χ1) is 40.5. The van der Waals surface area contributed by atoms with Crippen molar-refractivity contribution >= 4 is 144 Å². The zero-order valence-corrected chi connectivity index (χ0v) is 45.7. The lowest BCUT2D eigenvalue weighted by Crippen LogP contribution is -2.24. The van der Waals surface area contributed by atoms with E-state index in [1.54, 1.807) is 79.7 Å². The Balaban J connectivity index is 1.03. The van der Waals surface area contributed by atoms with E-state index in [-0.39, 0.29) is 90.5 Å². The fourth-order valence-corrected chi connectivity index (χ4v) is 9.74. The Morgan fingerprint density at radius 3 is 1.88 bits per heavy atom. The molecule has 9 rings (SSSR count). The van der Waals surface area contributed by atoms with Gasteiger partial charge in [0.2, 0.25) is 23.6 Å². The number of carbonyl (C=O) groups excluding carboxylic acids is 1. The van der Waals surface area contributed by atoms with Crippen molar-refractivity contribution in [2.75, 3.05) is 28.5 Å². The molecular formula is C50H38N12O18S4. The summed E-state index contributed by atoms with van der Waals surface area (Å²) in [4.78, 5) is 39.5. The summed E-state index contributed by atoms with van der Waals surface area (Å²) in [5.41, 5.74) is 4.18. The highest BCUT2D eigenvalue weighted by Gasteiger charge is 2.33. The second kappa shape index (κ2) is 26.8. The minimum absolute atomic E-state index is 0.0328. The number of ether oxygens (including phenoxy) is 1. The molecule has 1 heterocycles. The molecule has 34 heteroatoms. The molecule has 0 aliphatic heterocycles. The fourth-order valence-electron chi connectivity index (χ4n) is 7.81. The van der Waals surface area contributed by atoms with Gasteiger partial charge >= 0.3 is 5.97 Å². The first-order valence-electron chi connectivity index (χ1n) is 23.3. The molecule has 1 aliphatic rings. The highest BCUT2D eigenvalue weighted by Crippen LogP contribution is 2.43. The Kier molecular flexibility index (Phi) is 18.9. The molecule has 0 amide bonds. The third kappa shape index (κ3) is 14.5. The molecule has 7 aromatic carbocycles. The number of aryl methyl sites for hydroxylation is 1. The molecule has 430 valence electrons. The Labute approximate surface area is 484 Å². The minimum atomic E-state index is -4.97. The van der Waals surface area contributed by atoms with Crippen LogP contribution >= 0.6 is 36.1 Å². The number of anilines is 7. The van der Waals surface area contributed by atoms with Crippen LogP contribution in [0.1, 0.15) is 31.8 Å². The first kappa shape index (κ1) is 59.4. The van der Waals surface area contributed by atoms with Crippen molar-refractivity contribution in [2.45, 2.75) is 21.6 Å². The molecule has 0 unspecified atom stereocenters. The number of benzene rings is 7. The van der Waals surface area contributed by atoms with E-state index in [1.165, 1.54) is 43.5 Å². The predicted molar refractivity (Wildman–Crippen MR) is 303 cm³/mol. The molecule has 1 aromatic heterocycles. The Morgan fingerprint density at radius 1 is 0.643 bits per heavy atom. The normalized spacial score (nSPS) is 12.9. The van der Waals surface area contributed by atoms with Gasteiger partial charge in [-0.3, -0.25) is 14.8 Å². The molecule has 30 nitrogen and oxygen atoms in total. The number of carboxylic acid groups (broad SMARTS) is 1. The maximum absolute atomic E-state index is 14.9. The van der Waals surface area contributed by atoms with Crippen molar-refractivity contribution < 1.29 is 86.5 Å². The molecule has 8 aromatic rings. The van der Waals surface area contributed by atoms with Crippen molar-refractivity contribution in [3.8, 4) is 17.2 Å². The van der Waals surface area contributed by atoms with Crippen LogP contribution in [0, 0.1) is 6.92 Å². The van der Waals surface area contributed by atoms with Gasteiger partial charge in [-0.2, -0.15) is 43.8 Å². The molecule has 11 N–H and O–H groups in total. The van der Waals surface area contributed by atoms with Crippen molar-refractivity contribution in [3.05, 3.63) is 148 Å². The minimum Gasteiger partial charge on any atom is -0.507 e. The summed E-state index contributed by atoms with van der Waals surface area (Å²) in [5.74, 6) is -3.15. The number of rotatable bonds is 24. The number of aromatic nitrogens is 3. The summed E-state index contributed by atoms with van der Waals surface area (Å²) in [6.07, 6.45) is 1.27. The number of para-hydroxylation sites is 1. The number of azo groups is 2. The number of aromatic carboxylic acids is 1. The van der Waals surface area contributed by atoms with Crippen LogP contribution in [-0.2, 0) is 38.2 Å². The largest absolute Gasteiger partial charge is 0.507 e. The number of phenolic OH excluding ortho intramolecular Hbond substituents is 1. The Hall–Kier alpha value is -9.24. The summed E-state index contributed by atoms with van der Waals surface area (Å²) in [7, 11) is -3.63. The number of carbonyl (C=O) groups is 2. The summed E-state index contributed by atoms with van der Waals surface area (Å²) in [6.45, 7) is 1.67. The summed E-state index contributed by atoms with van der Waals surface area (Å²) < 4.78 is 55.4. The molecule has 0 radical (unpaired) electrons. The molecule has 0 saturated heterocycles. The van der Waals surface area contributed by atoms with E-state index in [0.717, 1.165) is 18.2 Å². The number of fused-ring (bicyclic) bond motifs is 2. The van der Waals surface area contributed by atoms with Gasteiger partial charge in [-0.1, -0.05) is 33.3 Å². The van der Waals surface area contributed by atoms with Crippen LogP contribution in [-0.4, -0.2) is 83.6 Å². The molecule has 0 saturated carbocycles. The number of ketones is 1. The number of methoxy groups -OCH3 is 1. The van der Waals surface area contributed by atoms with Crippen molar-refractivity contribution in [1.29, 1.82) is 0 Å². The van der Waals surface area contributed by atoms with Gasteiger partial charge in [-0.25, -0.2) is 20.6 Å². The van der Waals surface area contributed by atoms with Crippen molar-refractivity contribution in [3.63, 3.8) is 0 Å². The number of hydrogen-bond donors (Lipinski definition) is 11. The third-order valence-corrected chi connectivity index (χ3v) is 14.0. The number of nitrogens with zero attached hydrogens (tertiary/aromatic N) is 8. The topological polar surface area (TPSA) is 423 Å². The quantitative estimate of drug-likeness (QED) is 0.00880. The van der Waals surface area contributed by atoms with E-state index in [9.17, 15) is 37.9 Å². The van der Waals surface area contributed by atoms with Crippen LogP contribution in [0.25, 0.3) is 16.8 Å². The number of phenols is 2. The highest BCUT2D eigenvalue weighted by molar-refractivity contribution is 7.99. The van der Waals surface area contributed by atoms with E-state index < -0.39 is 32.5 Å². The lowest BCUT2D eigenvalue weighted by molar-refractivity contribution is -0.432. The average molecular weight is 1220 g/mol. The van der Waals surface area contributed by atoms with E-state index in [0.29, 0.717) is 73.9 Å². The SMILES string of the molecule is COc1cc(/N=N/c2cc(SOOO)cc3cc(SOOO)cc(O)c23)c(C)cc1N/N=C1\C(=O)c2c(cc(S(=O)(=O)O)cc2Nc2nc(Nc3ccccc3)nc(Nc3ccc(/N=N/c4ccc(C(=O)O)c(O)c4)cc3)n2)C=C1SOOO. The predicted octanol–water partition coefficient (Wildman–Crippen LogP) is 12.7. The molecule has 0 atom stereocenters. The van der Waals surface area contributed by atoms with Crippen LogP contribution in [0.15, 0.2) is 166 Å². The fraction of sp³-hybridized carbons (Fsp3) is 0.0400. The Bertz CT molecular complexity index is 4070. The number of aromatic hydroxyl groups is 2. The van der Waals surface area contributed by atoms with Gasteiger partial charge in [-0.05, 0) is 121 Å². The number of carboxylic acids is 1. The first-order valence-corrected chi connectivity index (χ1v) is 27.0. The van der Waals surface area contributed by atoms with Gasteiger partial charge < -0.3 is 36.0 Å². The molecule has 84 heavy (non-hydrogen) atoms. The summed E-state index contributed by atoms with van der Waals surface area (Å²) >= 11 is 1.53. The molecule has 0 bridgehead atoms. The molecule has 0 fully saturated rings. The van der Waals surface area contributed by atoms with Crippen LogP contribution in [0.5, 0.6) is 17.2 Å². The molecular weight excluding hydrogens is 1180 g/mol. The van der Waals surface area contributed by atoms with Crippen LogP contribution < -0.4 is 26.1 Å². The highest BCUT2D eigenvalue weighted by atomic mass is 32.2. The Morgan fingerprint density at radius 2 is 1.25 bits per heavy atom. The lowest BCUT2D eigenvalue weighted by atomic mass is 9.93. The standard InChI is InChI=1S/C50H38N12O18S4/c1-24-14-36(41(74-2)23-35(24)59-61-38-20-31(81-78-75-68)15-25-16-32(82-79-76-69)21-40(64)43(25)38)60-62-45-42(83-80-77-70)18-26-17-33(84(71,72)73)22-37(44(26)46(45)65)53-50-55-48(51-27-6-4-3-5-7-27)54-49(56-50)52-28-8-10-29(11-9-28)57-58-30-12-13-34(47(66)67)39(63)19-30/h3-23,60,63-64,68-70H,1-2H3,(H,66,67)(H,71,72,73)(H3,51,52,53,54,55,56)/b58-57+,61-59+,62-45-.